The van der Waals surface area contributed by atoms with E-state index in [4.69, 9.17) is 5.73 Å². The molecule has 1 aromatic carbocycles. The lowest BCUT2D eigenvalue weighted by Crippen LogP contribution is -2.04. The molecule has 1 heterocycles. The number of pyridine rings is 1. The zero-order chi connectivity index (χ0) is 10.8. The highest BCUT2D eigenvalue weighted by molar-refractivity contribution is 5.82. The van der Waals surface area contributed by atoms with Gasteiger partial charge in [0.2, 0.25) is 0 Å². The Morgan fingerprint density at radius 1 is 1.13 bits per heavy atom. The van der Waals surface area contributed by atoms with Crippen molar-refractivity contribution >= 4 is 10.9 Å². The summed E-state index contributed by atoms with van der Waals surface area (Å²) >= 11 is 0. The minimum atomic E-state index is -0.153. The number of hydrogen-bond donors (Lipinski definition) is 3. The SMILES string of the molecule is NCCc1ccc2cc(O)c(O)cc2n1. The zero-order valence-corrected chi connectivity index (χ0v) is 8.14. The van der Waals surface area contributed by atoms with E-state index in [0.29, 0.717) is 18.5 Å². The largest absolute Gasteiger partial charge is 0.504 e. The molecule has 1 aromatic heterocycles. The summed E-state index contributed by atoms with van der Waals surface area (Å²) in [6.45, 7) is 0.544. The van der Waals surface area contributed by atoms with E-state index in [-0.39, 0.29) is 11.5 Å². The highest BCUT2D eigenvalue weighted by atomic mass is 16.3. The Balaban J connectivity index is 2.56. The van der Waals surface area contributed by atoms with Gasteiger partial charge in [-0.05, 0) is 18.7 Å². The van der Waals surface area contributed by atoms with Crippen molar-refractivity contribution in [3.63, 3.8) is 0 Å². The van der Waals surface area contributed by atoms with Crippen molar-refractivity contribution in [3.8, 4) is 11.5 Å². The molecule has 0 aliphatic rings. The lowest BCUT2D eigenvalue weighted by atomic mass is 10.1. The van der Waals surface area contributed by atoms with Crippen LogP contribution in [0.4, 0.5) is 0 Å². The Kier molecular flexibility index (Phi) is 2.43. The summed E-state index contributed by atoms with van der Waals surface area (Å²) in [6.07, 6.45) is 0.706. The van der Waals surface area contributed by atoms with Gasteiger partial charge in [-0.1, -0.05) is 6.07 Å². The summed E-state index contributed by atoms with van der Waals surface area (Å²) in [5.41, 5.74) is 6.98. The average molecular weight is 204 g/mol. The normalized spacial score (nSPS) is 10.7. The Bertz CT molecular complexity index is 497. The van der Waals surface area contributed by atoms with Crippen LogP contribution in [0, 0.1) is 0 Å². The predicted octanol–water partition coefficient (Wildman–Crippen LogP) is 1.15. The Morgan fingerprint density at radius 2 is 1.87 bits per heavy atom. The molecule has 0 radical (unpaired) electrons. The molecule has 0 fully saturated rings. The number of phenolic OH excluding ortho intramolecular Hbond substituents is 2. The van der Waals surface area contributed by atoms with Crippen LogP contribution in [0.2, 0.25) is 0 Å². The van der Waals surface area contributed by atoms with E-state index in [0.717, 1.165) is 11.1 Å². The summed E-state index contributed by atoms with van der Waals surface area (Å²) < 4.78 is 0. The number of phenols is 2. The third-order valence-electron chi connectivity index (χ3n) is 2.24. The van der Waals surface area contributed by atoms with E-state index in [2.05, 4.69) is 4.98 Å². The number of aromatic hydroxyl groups is 2. The van der Waals surface area contributed by atoms with Gasteiger partial charge in [-0.25, -0.2) is 0 Å². The zero-order valence-electron chi connectivity index (χ0n) is 8.14. The fourth-order valence-corrected chi connectivity index (χ4v) is 1.48. The lowest BCUT2D eigenvalue weighted by Gasteiger charge is -2.03. The van der Waals surface area contributed by atoms with E-state index in [1.54, 1.807) is 0 Å². The van der Waals surface area contributed by atoms with Gasteiger partial charge in [-0.15, -0.1) is 0 Å². The first-order valence-corrected chi connectivity index (χ1v) is 4.72. The molecule has 15 heavy (non-hydrogen) atoms. The minimum Gasteiger partial charge on any atom is -0.504 e. The molecule has 4 heteroatoms. The summed E-state index contributed by atoms with van der Waals surface area (Å²) in [7, 11) is 0. The molecular weight excluding hydrogens is 192 g/mol. The molecule has 0 aliphatic carbocycles. The molecule has 4 N–H and O–H groups in total. The van der Waals surface area contributed by atoms with Crippen LogP contribution in [0.1, 0.15) is 5.69 Å². The van der Waals surface area contributed by atoms with Crippen LogP contribution < -0.4 is 5.73 Å². The first-order valence-electron chi connectivity index (χ1n) is 4.72. The molecule has 0 saturated heterocycles. The Morgan fingerprint density at radius 3 is 2.60 bits per heavy atom. The number of nitrogens with zero attached hydrogens (tertiary/aromatic N) is 1. The maximum Gasteiger partial charge on any atom is 0.159 e. The number of nitrogens with two attached hydrogens (primary N) is 1. The van der Waals surface area contributed by atoms with Gasteiger partial charge in [-0.2, -0.15) is 0 Å². The lowest BCUT2D eigenvalue weighted by molar-refractivity contribution is 0.405. The fraction of sp³-hybridized carbons (Fsp3) is 0.182. The third-order valence-corrected chi connectivity index (χ3v) is 2.24. The number of fused-ring (bicyclic) bond motifs is 1. The quantitative estimate of drug-likeness (QED) is 0.641. The summed E-state index contributed by atoms with van der Waals surface area (Å²) in [4.78, 5) is 4.32. The second-order valence-electron chi connectivity index (χ2n) is 3.37. The van der Waals surface area contributed by atoms with Gasteiger partial charge in [0.25, 0.3) is 0 Å². The van der Waals surface area contributed by atoms with Gasteiger partial charge in [0.15, 0.2) is 11.5 Å². The van der Waals surface area contributed by atoms with E-state index in [1.807, 2.05) is 12.1 Å². The molecule has 78 valence electrons. The van der Waals surface area contributed by atoms with Crippen LogP contribution in [-0.2, 0) is 6.42 Å². The first kappa shape index (κ1) is 9.73. The van der Waals surface area contributed by atoms with Crippen LogP contribution in [-0.4, -0.2) is 21.7 Å². The molecule has 0 unspecified atom stereocenters. The van der Waals surface area contributed by atoms with Crippen LogP contribution in [0.5, 0.6) is 11.5 Å². The first-order chi connectivity index (χ1) is 7.20. The van der Waals surface area contributed by atoms with Crippen molar-refractivity contribution in [1.29, 1.82) is 0 Å². The monoisotopic (exact) mass is 204 g/mol. The van der Waals surface area contributed by atoms with Gasteiger partial charge < -0.3 is 15.9 Å². The van der Waals surface area contributed by atoms with Gasteiger partial charge in [0.1, 0.15) is 0 Å². The molecule has 0 saturated carbocycles. The molecule has 0 spiro atoms. The fourth-order valence-electron chi connectivity index (χ4n) is 1.48. The molecule has 0 atom stereocenters. The molecule has 0 amide bonds. The van der Waals surface area contributed by atoms with Gasteiger partial charge in [-0.3, -0.25) is 4.98 Å². The number of hydrogen-bond acceptors (Lipinski definition) is 4. The molecular formula is C11H12N2O2. The number of aromatic nitrogens is 1. The maximum absolute atomic E-state index is 9.32. The molecule has 2 rings (SSSR count). The van der Waals surface area contributed by atoms with E-state index in [9.17, 15) is 10.2 Å². The maximum atomic E-state index is 9.32. The van der Waals surface area contributed by atoms with Crippen molar-refractivity contribution in [2.24, 2.45) is 5.73 Å². The molecule has 2 aromatic rings. The molecule has 0 bridgehead atoms. The van der Waals surface area contributed by atoms with Gasteiger partial charge in [0, 0.05) is 23.6 Å². The van der Waals surface area contributed by atoms with Crippen LogP contribution >= 0.6 is 0 Å². The van der Waals surface area contributed by atoms with Gasteiger partial charge in [0.05, 0.1) is 5.52 Å². The number of rotatable bonds is 2. The van der Waals surface area contributed by atoms with Crippen LogP contribution in [0.15, 0.2) is 24.3 Å². The van der Waals surface area contributed by atoms with E-state index >= 15 is 0 Å². The van der Waals surface area contributed by atoms with Crippen molar-refractivity contribution < 1.29 is 10.2 Å². The molecule has 0 aliphatic heterocycles. The highest BCUT2D eigenvalue weighted by Gasteiger charge is 2.03. The summed E-state index contributed by atoms with van der Waals surface area (Å²) in [5, 5.41) is 19.4. The molecule has 4 nitrogen and oxygen atoms in total. The van der Waals surface area contributed by atoms with Crippen molar-refractivity contribution in [2.75, 3.05) is 6.54 Å². The third kappa shape index (κ3) is 1.85. The number of benzene rings is 1. The van der Waals surface area contributed by atoms with Crippen molar-refractivity contribution in [3.05, 3.63) is 30.0 Å². The van der Waals surface area contributed by atoms with Crippen molar-refractivity contribution in [1.82, 2.24) is 4.98 Å². The minimum absolute atomic E-state index is 0.129. The van der Waals surface area contributed by atoms with Crippen LogP contribution in [0.25, 0.3) is 10.9 Å². The second-order valence-corrected chi connectivity index (χ2v) is 3.37. The standard InChI is InChI=1S/C11H12N2O2/c12-4-3-8-2-1-7-5-10(14)11(15)6-9(7)13-8/h1-2,5-6,14-15H,3-4,12H2. The van der Waals surface area contributed by atoms with Crippen LogP contribution in [0.3, 0.4) is 0 Å². The van der Waals surface area contributed by atoms with Gasteiger partial charge >= 0.3 is 0 Å². The predicted molar refractivity (Wildman–Crippen MR) is 57.8 cm³/mol. The topological polar surface area (TPSA) is 79.4 Å². The summed E-state index contributed by atoms with van der Waals surface area (Å²) in [6, 6.07) is 6.66. The van der Waals surface area contributed by atoms with E-state index in [1.165, 1.54) is 12.1 Å². The Hall–Kier alpha value is -1.81. The van der Waals surface area contributed by atoms with E-state index < -0.39 is 0 Å². The highest BCUT2D eigenvalue weighted by Crippen LogP contribution is 2.29. The smallest absolute Gasteiger partial charge is 0.159 e. The average Bonchev–Trinajstić information content (AvgIpc) is 2.21. The summed E-state index contributed by atoms with van der Waals surface area (Å²) in [5.74, 6) is -0.282. The van der Waals surface area contributed by atoms with Crippen molar-refractivity contribution in [2.45, 2.75) is 6.42 Å². The Labute approximate surface area is 87.0 Å². The second kappa shape index (κ2) is 3.74.